The van der Waals surface area contributed by atoms with Crippen LogP contribution in [0.4, 0.5) is 0 Å². The van der Waals surface area contributed by atoms with Crippen molar-refractivity contribution in [3.8, 4) is 20.9 Å². The first-order valence-corrected chi connectivity index (χ1v) is 8.22. The summed E-state index contributed by atoms with van der Waals surface area (Å²) in [6, 6.07) is 21.9. The largest absolute Gasteiger partial charge is 0.423 e. The smallest absolute Gasteiger partial charge is 0.336 e. The minimum absolute atomic E-state index is 0.316. The van der Waals surface area contributed by atoms with Crippen LogP contribution in [0, 0.1) is 6.92 Å². The van der Waals surface area contributed by atoms with Crippen LogP contribution in [0.2, 0.25) is 0 Å². The van der Waals surface area contributed by atoms with E-state index in [-0.39, 0.29) is 5.63 Å². The highest BCUT2D eigenvalue weighted by atomic mass is 32.1. The Morgan fingerprint density at radius 1 is 0.870 bits per heavy atom. The van der Waals surface area contributed by atoms with Crippen molar-refractivity contribution in [2.45, 2.75) is 6.92 Å². The van der Waals surface area contributed by atoms with Gasteiger partial charge >= 0.3 is 5.63 Å². The first-order valence-electron chi connectivity index (χ1n) is 7.41. The van der Waals surface area contributed by atoms with Gasteiger partial charge in [-0.3, -0.25) is 0 Å². The molecule has 0 saturated carbocycles. The lowest BCUT2D eigenvalue weighted by atomic mass is 10.1. The highest BCUT2D eigenvalue weighted by Gasteiger charge is 2.10. The molecule has 0 saturated heterocycles. The van der Waals surface area contributed by atoms with Crippen LogP contribution in [-0.4, -0.2) is 0 Å². The number of hydrogen-bond donors (Lipinski definition) is 0. The Labute approximate surface area is 137 Å². The first kappa shape index (κ1) is 14.0. The Kier molecular flexibility index (Phi) is 3.36. The maximum Gasteiger partial charge on any atom is 0.336 e. The average molecular weight is 318 g/mol. The van der Waals surface area contributed by atoms with Crippen LogP contribution in [-0.2, 0) is 0 Å². The van der Waals surface area contributed by atoms with Crippen molar-refractivity contribution >= 4 is 22.3 Å². The molecule has 0 aliphatic carbocycles. The van der Waals surface area contributed by atoms with Crippen molar-refractivity contribution in [1.29, 1.82) is 0 Å². The lowest BCUT2D eigenvalue weighted by Gasteiger charge is -2.02. The monoisotopic (exact) mass is 318 g/mol. The van der Waals surface area contributed by atoms with Crippen molar-refractivity contribution in [2.24, 2.45) is 0 Å². The fraction of sp³-hybridized carbons (Fsp3) is 0.0500. The lowest BCUT2D eigenvalue weighted by molar-refractivity contribution is 0.561. The van der Waals surface area contributed by atoms with Gasteiger partial charge in [0.25, 0.3) is 0 Å². The highest BCUT2D eigenvalue weighted by molar-refractivity contribution is 7.18. The van der Waals surface area contributed by atoms with Gasteiger partial charge in [0.1, 0.15) is 5.58 Å². The van der Waals surface area contributed by atoms with Gasteiger partial charge in [-0.15, -0.1) is 11.3 Å². The van der Waals surface area contributed by atoms with Gasteiger partial charge in [0.2, 0.25) is 0 Å². The van der Waals surface area contributed by atoms with Crippen molar-refractivity contribution in [3.05, 3.63) is 82.7 Å². The van der Waals surface area contributed by atoms with Crippen molar-refractivity contribution in [1.82, 2.24) is 0 Å². The summed E-state index contributed by atoms with van der Waals surface area (Å²) in [5.41, 5.74) is 3.68. The van der Waals surface area contributed by atoms with Crippen LogP contribution in [0.3, 0.4) is 0 Å². The van der Waals surface area contributed by atoms with Gasteiger partial charge in [-0.25, -0.2) is 4.79 Å². The van der Waals surface area contributed by atoms with Crippen LogP contribution in [0.5, 0.6) is 0 Å². The van der Waals surface area contributed by atoms with E-state index in [1.807, 2.05) is 24.3 Å². The van der Waals surface area contributed by atoms with E-state index in [1.165, 1.54) is 16.0 Å². The fourth-order valence-electron chi connectivity index (χ4n) is 2.67. The second-order valence-electron chi connectivity index (χ2n) is 5.51. The molecule has 0 amide bonds. The van der Waals surface area contributed by atoms with E-state index in [0.717, 1.165) is 15.8 Å². The molecule has 0 fully saturated rings. The maximum atomic E-state index is 11.8. The van der Waals surface area contributed by atoms with Crippen LogP contribution in [0.1, 0.15) is 5.56 Å². The lowest BCUT2D eigenvalue weighted by Crippen LogP contribution is -1.97. The number of benzene rings is 2. The second-order valence-corrected chi connectivity index (χ2v) is 6.59. The second kappa shape index (κ2) is 5.52. The molecule has 23 heavy (non-hydrogen) atoms. The molecule has 0 bridgehead atoms. The van der Waals surface area contributed by atoms with Gasteiger partial charge < -0.3 is 4.42 Å². The van der Waals surface area contributed by atoms with Crippen molar-refractivity contribution < 1.29 is 4.42 Å². The molecule has 2 aromatic heterocycles. The van der Waals surface area contributed by atoms with E-state index in [2.05, 4.69) is 43.3 Å². The molecule has 4 rings (SSSR count). The predicted molar refractivity (Wildman–Crippen MR) is 96.0 cm³/mol. The number of hydrogen-bond acceptors (Lipinski definition) is 3. The molecular formula is C20H14O2S. The molecule has 0 atom stereocenters. The van der Waals surface area contributed by atoms with Crippen LogP contribution in [0.25, 0.3) is 31.9 Å². The zero-order valence-corrected chi connectivity index (χ0v) is 13.4. The summed E-state index contributed by atoms with van der Waals surface area (Å²) < 4.78 is 5.28. The number of thiophene rings is 1. The third kappa shape index (κ3) is 2.60. The van der Waals surface area contributed by atoms with Gasteiger partial charge in [-0.2, -0.15) is 0 Å². The molecule has 112 valence electrons. The third-order valence-corrected chi connectivity index (χ3v) is 5.03. The summed E-state index contributed by atoms with van der Waals surface area (Å²) >= 11 is 1.69. The zero-order valence-electron chi connectivity index (χ0n) is 12.6. The maximum absolute atomic E-state index is 11.8. The van der Waals surface area contributed by atoms with E-state index in [9.17, 15) is 4.79 Å². The summed E-state index contributed by atoms with van der Waals surface area (Å²) in [5.74, 6) is 0. The van der Waals surface area contributed by atoms with Gasteiger partial charge in [0.15, 0.2) is 0 Å². The molecule has 2 nitrogen and oxygen atoms in total. The van der Waals surface area contributed by atoms with E-state index >= 15 is 0 Å². The summed E-state index contributed by atoms with van der Waals surface area (Å²) in [7, 11) is 0. The van der Waals surface area contributed by atoms with Gasteiger partial charge in [0, 0.05) is 26.8 Å². The van der Waals surface area contributed by atoms with Crippen LogP contribution >= 0.6 is 11.3 Å². The number of aryl methyl sites for hydroxylation is 1. The van der Waals surface area contributed by atoms with Crippen LogP contribution < -0.4 is 5.63 Å². The summed E-state index contributed by atoms with van der Waals surface area (Å²) in [6.07, 6.45) is 0. The molecular weight excluding hydrogens is 304 g/mol. The first-order chi connectivity index (χ1) is 11.2. The molecule has 0 N–H and O–H groups in total. The number of rotatable bonds is 2. The Bertz CT molecular complexity index is 1040. The summed E-state index contributed by atoms with van der Waals surface area (Å²) in [5, 5.41) is 0.962. The van der Waals surface area contributed by atoms with E-state index in [4.69, 9.17) is 4.42 Å². The Balaban J connectivity index is 1.86. The SMILES string of the molecule is Cc1ccc(-c2ccc(-c3cc(=O)oc4ccccc34)s2)cc1. The van der Waals surface area contributed by atoms with Gasteiger partial charge in [-0.1, -0.05) is 48.0 Å². The molecule has 2 aromatic carbocycles. The number of para-hydroxylation sites is 1. The minimum atomic E-state index is -0.316. The quantitative estimate of drug-likeness (QED) is 0.457. The predicted octanol–water partition coefficient (Wildman–Crippen LogP) is 5.50. The molecule has 0 radical (unpaired) electrons. The van der Waals surface area contributed by atoms with E-state index in [0.29, 0.717) is 5.58 Å². The van der Waals surface area contributed by atoms with E-state index < -0.39 is 0 Å². The standard InChI is InChI=1S/C20H14O2S/c1-13-6-8-14(9-7-13)18-10-11-19(23-18)16-12-20(21)22-17-5-3-2-4-15(16)17/h2-12H,1H3. The normalized spacial score (nSPS) is 11.0. The molecule has 2 heterocycles. The van der Waals surface area contributed by atoms with Crippen LogP contribution in [0.15, 0.2) is 75.9 Å². The van der Waals surface area contributed by atoms with E-state index in [1.54, 1.807) is 17.4 Å². The zero-order chi connectivity index (χ0) is 15.8. The summed E-state index contributed by atoms with van der Waals surface area (Å²) in [6.45, 7) is 2.08. The molecule has 0 spiro atoms. The van der Waals surface area contributed by atoms with Crippen molar-refractivity contribution in [2.75, 3.05) is 0 Å². The Hall–Kier alpha value is -2.65. The third-order valence-electron chi connectivity index (χ3n) is 3.86. The molecule has 0 aliphatic heterocycles. The Morgan fingerprint density at radius 3 is 2.43 bits per heavy atom. The topological polar surface area (TPSA) is 30.2 Å². The van der Waals surface area contributed by atoms with Crippen molar-refractivity contribution in [3.63, 3.8) is 0 Å². The number of fused-ring (bicyclic) bond motifs is 1. The Morgan fingerprint density at radius 2 is 1.61 bits per heavy atom. The fourth-order valence-corrected chi connectivity index (χ4v) is 3.71. The average Bonchev–Trinajstić information content (AvgIpc) is 3.04. The molecule has 3 heteroatoms. The highest BCUT2D eigenvalue weighted by Crippen LogP contribution is 2.36. The molecule has 4 aromatic rings. The molecule has 0 aliphatic rings. The minimum Gasteiger partial charge on any atom is -0.423 e. The van der Waals surface area contributed by atoms with Gasteiger partial charge in [0.05, 0.1) is 0 Å². The molecule has 0 unspecified atom stereocenters. The summed E-state index contributed by atoms with van der Waals surface area (Å²) in [4.78, 5) is 14.1. The van der Waals surface area contributed by atoms with Gasteiger partial charge in [-0.05, 0) is 30.7 Å².